The van der Waals surface area contributed by atoms with E-state index in [4.69, 9.17) is 10.5 Å². The lowest BCUT2D eigenvalue weighted by Crippen LogP contribution is -2.16. The molecule has 0 aliphatic rings. The minimum Gasteiger partial charge on any atom is -0.493 e. The first kappa shape index (κ1) is 18.9. The third-order valence-electron chi connectivity index (χ3n) is 3.45. The first-order valence-electron chi connectivity index (χ1n) is 7.96. The number of nitrogens with one attached hydrogen (secondary N) is 1. The Balaban J connectivity index is 1.87. The van der Waals surface area contributed by atoms with Crippen molar-refractivity contribution in [1.29, 1.82) is 0 Å². The minimum absolute atomic E-state index is 0.142. The van der Waals surface area contributed by atoms with Crippen molar-refractivity contribution in [3.8, 4) is 5.75 Å². The van der Waals surface area contributed by atoms with E-state index in [9.17, 15) is 9.59 Å². The number of thioether (sulfide) groups is 1. The standard InChI is InChI=1S/C19H22N2O3S/c1-13-7-8-16(14(2)11-13)24-10-9-19(23)21-15-5-3-4-6-17(15)25-12-18(20)22/h3-8,11H,9-10,12H2,1-2H3,(H2,20,22)(H,21,23). The molecule has 132 valence electrons. The Bertz CT molecular complexity index is 762. The smallest absolute Gasteiger partial charge is 0.227 e. The Morgan fingerprint density at radius 2 is 1.92 bits per heavy atom. The van der Waals surface area contributed by atoms with Crippen LogP contribution in [0.15, 0.2) is 47.4 Å². The van der Waals surface area contributed by atoms with E-state index in [0.717, 1.165) is 16.2 Å². The van der Waals surface area contributed by atoms with Gasteiger partial charge in [-0.25, -0.2) is 0 Å². The highest BCUT2D eigenvalue weighted by atomic mass is 32.2. The summed E-state index contributed by atoms with van der Waals surface area (Å²) in [5.74, 6) is 0.420. The monoisotopic (exact) mass is 358 g/mol. The summed E-state index contributed by atoms with van der Waals surface area (Å²) in [7, 11) is 0. The van der Waals surface area contributed by atoms with Crippen molar-refractivity contribution in [2.45, 2.75) is 25.2 Å². The fourth-order valence-corrected chi connectivity index (χ4v) is 3.02. The summed E-state index contributed by atoms with van der Waals surface area (Å²) >= 11 is 1.30. The lowest BCUT2D eigenvalue weighted by atomic mass is 10.1. The van der Waals surface area contributed by atoms with Crippen molar-refractivity contribution >= 4 is 29.3 Å². The Morgan fingerprint density at radius 3 is 2.64 bits per heavy atom. The van der Waals surface area contributed by atoms with Crippen LogP contribution in [-0.4, -0.2) is 24.2 Å². The lowest BCUT2D eigenvalue weighted by molar-refractivity contribution is -0.117. The highest BCUT2D eigenvalue weighted by Gasteiger charge is 2.09. The molecule has 0 aliphatic carbocycles. The van der Waals surface area contributed by atoms with Crippen molar-refractivity contribution in [2.75, 3.05) is 17.7 Å². The molecule has 25 heavy (non-hydrogen) atoms. The number of para-hydroxylation sites is 1. The molecule has 3 N–H and O–H groups in total. The number of ether oxygens (including phenoxy) is 1. The fraction of sp³-hybridized carbons (Fsp3) is 0.263. The number of aryl methyl sites for hydroxylation is 2. The quantitative estimate of drug-likeness (QED) is 0.710. The molecule has 2 amide bonds. The van der Waals surface area contributed by atoms with Gasteiger partial charge in [0.1, 0.15) is 5.75 Å². The molecular weight excluding hydrogens is 336 g/mol. The van der Waals surface area contributed by atoms with E-state index in [2.05, 4.69) is 5.32 Å². The predicted molar refractivity (Wildman–Crippen MR) is 101 cm³/mol. The first-order chi connectivity index (χ1) is 12.0. The number of primary amides is 1. The summed E-state index contributed by atoms with van der Waals surface area (Å²) in [4.78, 5) is 23.9. The van der Waals surface area contributed by atoms with Crippen LogP contribution in [0.25, 0.3) is 0 Å². The van der Waals surface area contributed by atoms with E-state index in [1.807, 2.05) is 50.2 Å². The zero-order valence-corrected chi connectivity index (χ0v) is 15.2. The molecule has 0 bridgehead atoms. The number of hydrogen-bond acceptors (Lipinski definition) is 4. The summed E-state index contributed by atoms with van der Waals surface area (Å²) < 4.78 is 5.68. The van der Waals surface area contributed by atoms with Crippen LogP contribution in [0.4, 0.5) is 5.69 Å². The number of amides is 2. The van der Waals surface area contributed by atoms with E-state index in [1.165, 1.54) is 17.3 Å². The third kappa shape index (κ3) is 6.15. The zero-order chi connectivity index (χ0) is 18.2. The second-order valence-electron chi connectivity index (χ2n) is 5.67. The first-order valence-corrected chi connectivity index (χ1v) is 8.94. The molecular formula is C19H22N2O3S. The average molecular weight is 358 g/mol. The SMILES string of the molecule is Cc1ccc(OCCC(=O)Nc2ccccc2SCC(N)=O)c(C)c1. The van der Waals surface area contributed by atoms with Gasteiger partial charge < -0.3 is 15.8 Å². The van der Waals surface area contributed by atoms with Gasteiger partial charge in [-0.15, -0.1) is 11.8 Å². The van der Waals surface area contributed by atoms with Crippen molar-refractivity contribution in [1.82, 2.24) is 0 Å². The van der Waals surface area contributed by atoms with Crippen LogP contribution in [0.2, 0.25) is 0 Å². The Kier molecular flexibility index (Phi) is 6.89. The normalized spacial score (nSPS) is 10.3. The molecule has 2 rings (SSSR count). The van der Waals surface area contributed by atoms with Gasteiger partial charge in [-0.2, -0.15) is 0 Å². The maximum Gasteiger partial charge on any atom is 0.227 e. The van der Waals surface area contributed by atoms with Gasteiger partial charge in [-0.3, -0.25) is 9.59 Å². The molecule has 0 fully saturated rings. The van der Waals surface area contributed by atoms with Gasteiger partial charge >= 0.3 is 0 Å². The van der Waals surface area contributed by atoms with Gasteiger partial charge in [0.05, 0.1) is 24.5 Å². The van der Waals surface area contributed by atoms with Crippen molar-refractivity contribution in [2.24, 2.45) is 5.73 Å². The summed E-state index contributed by atoms with van der Waals surface area (Å²) in [5.41, 5.74) is 8.07. The van der Waals surface area contributed by atoms with Crippen molar-refractivity contribution in [3.05, 3.63) is 53.6 Å². The van der Waals surface area contributed by atoms with Gasteiger partial charge in [0.15, 0.2) is 0 Å². The number of nitrogens with two attached hydrogens (primary N) is 1. The molecule has 2 aromatic carbocycles. The van der Waals surface area contributed by atoms with Crippen LogP contribution in [0.5, 0.6) is 5.75 Å². The Hall–Kier alpha value is -2.47. The van der Waals surface area contributed by atoms with Gasteiger partial charge in [0, 0.05) is 4.90 Å². The van der Waals surface area contributed by atoms with E-state index >= 15 is 0 Å². The molecule has 0 heterocycles. The average Bonchev–Trinajstić information content (AvgIpc) is 2.56. The molecule has 5 nitrogen and oxygen atoms in total. The highest BCUT2D eigenvalue weighted by Crippen LogP contribution is 2.26. The molecule has 2 aromatic rings. The summed E-state index contributed by atoms with van der Waals surface area (Å²) in [6.45, 7) is 4.30. The van der Waals surface area contributed by atoms with Gasteiger partial charge in [-0.1, -0.05) is 29.8 Å². The Labute approximate surface area is 151 Å². The molecule has 0 aliphatic heterocycles. The van der Waals surface area contributed by atoms with Crippen molar-refractivity contribution in [3.63, 3.8) is 0 Å². The molecule has 0 radical (unpaired) electrons. The maximum absolute atomic E-state index is 12.1. The van der Waals surface area contributed by atoms with Gasteiger partial charge in [0.2, 0.25) is 11.8 Å². The molecule has 0 aromatic heterocycles. The maximum atomic E-state index is 12.1. The second-order valence-corrected chi connectivity index (χ2v) is 6.68. The summed E-state index contributed by atoms with van der Waals surface area (Å²) in [6, 6.07) is 13.3. The minimum atomic E-state index is -0.395. The topological polar surface area (TPSA) is 81.4 Å². The largest absolute Gasteiger partial charge is 0.493 e. The van der Waals surface area contributed by atoms with E-state index in [-0.39, 0.29) is 18.1 Å². The highest BCUT2D eigenvalue weighted by molar-refractivity contribution is 8.00. The summed E-state index contributed by atoms with van der Waals surface area (Å²) in [6.07, 6.45) is 0.238. The number of rotatable bonds is 8. The molecule has 0 saturated heterocycles. The fourth-order valence-electron chi connectivity index (χ4n) is 2.27. The van der Waals surface area contributed by atoms with Crippen LogP contribution in [0.3, 0.4) is 0 Å². The third-order valence-corrected chi connectivity index (χ3v) is 4.54. The number of hydrogen-bond donors (Lipinski definition) is 2. The van der Waals surface area contributed by atoms with Crippen LogP contribution >= 0.6 is 11.8 Å². The number of benzene rings is 2. The van der Waals surface area contributed by atoms with E-state index in [0.29, 0.717) is 12.3 Å². The number of anilines is 1. The van der Waals surface area contributed by atoms with Crippen molar-refractivity contribution < 1.29 is 14.3 Å². The number of carbonyl (C=O) groups excluding carboxylic acids is 2. The predicted octanol–water partition coefficient (Wildman–Crippen LogP) is 3.29. The summed E-state index contributed by atoms with van der Waals surface area (Å²) in [5, 5.41) is 2.85. The van der Waals surface area contributed by atoms with Gasteiger partial charge in [0.25, 0.3) is 0 Å². The zero-order valence-electron chi connectivity index (χ0n) is 14.4. The van der Waals surface area contributed by atoms with Crippen LogP contribution in [-0.2, 0) is 9.59 Å². The molecule has 6 heteroatoms. The van der Waals surface area contributed by atoms with Crippen LogP contribution in [0, 0.1) is 13.8 Å². The second kappa shape index (κ2) is 9.13. The number of carbonyl (C=O) groups is 2. The molecule has 0 saturated carbocycles. The van der Waals surface area contributed by atoms with E-state index in [1.54, 1.807) is 6.07 Å². The van der Waals surface area contributed by atoms with Gasteiger partial charge in [-0.05, 0) is 37.6 Å². The van der Waals surface area contributed by atoms with Crippen LogP contribution in [0.1, 0.15) is 17.5 Å². The van der Waals surface area contributed by atoms with Crippen LogP contribution < -0.4 is 15.8 Å². The molecule has 0 spiro atoms. The lowest BCUT2D eigenvalue weighted by Gasteiger charge is -2.12. The van der Waals surface area contributed by atoms with E-state index < -0.39 is 5.91 Å². The molecule has 0 atom stereocenters. The molecule has 0 unspecified atom stereocenters. The Morgan fingerprint density at radius 1 is 1.16 bits per heavy atom.